The third-order valence-electron chi connectivity index (χ3n) is 5.07. The second kappa shape index (κ2) is 4.11. The Balaban J connectivity index is 1.63. The van der Waals surface area contributed by atoms with Crippen LogP contribution in [-0.4, -0.2) is 5.11 Å². The number of aliphatic hydroxyl groups excluding tert-OH is 1. The quantitative estimate of drug-likeness (QED) is 0.873. The van der Waals surface area contributed by atoms with Gasteiger partial charge in [-0.15, -0.1) is 0 Å². The summed E-state index contributed by atoms with van der Waals surface area (Å²) >= 11 is 0. The lowest BCUT2D eigenvalue weighted by atomic mass is 10.0. The summed E-state index contributed by atoms with van der Waals surface area (Å²) in [6.45, 7) is 2.08. The van der Waals surface area contributed by atoms with Gasteiger partial charge < -0.3 is 9.52 Å². The van der Waals surface area contributed by atoms with Crippen molar-refractivity contribution in [2.45, 2.75) is 38.7 Å². The highest BCUT2D eigenvalue weighted by molar-refractivity contribution is 5.78. The zero-order valence-corrected chi connectivity index (χ0v) is 11.3. The summed E-state index contributed by atoms with van der Waals surface area (Å²) in [5, 5.41) is 11.7. The topological polar surface area (TPSA) is 33.4 Å². The van der Waals surface area contributed by atoms with Gasteiger partial charge in [-0.05, 0) is 55.7 Å². The third-order valence-corrected chi connectivity index (χ3v) is 5.07. The molecule has 2 fully saturated rings. The van der Waals surface area contributed by atoms with E-state index in [0.29, 0.717) is 5.92 Å². The standard InChI is InChI=1S/C17H20O2/c1-10-6-7-14-11(8-10)9-15(19-14)17(18)16-12-4-2-3-5-13(12)16/h6-9,12-13,16-18H,2-5H2,1H3. The second-order valence-electron chi connectivity index (χ2n) is 6.32. The summed E-state index contributed by atoms with van der Waals surface area (Å²) in [5.41, 5.74) is 2.12. The van der Waals surface area contributed by atoms with Crippen molar-refractivity contribution >= 4 is 11.0 Å². The average molecular weight is 256 g/mol. The first-order valence-electron chi connectivity index (χ1n) is 7.42. The Morgan fingerprint density at radius 3 is 2.63 bits per heavy atom. The molecule has 2 aliphatic rings. The fourth-order valence-electron chi connectivity index (χ4n) is 4.03. The van der Waals surface area contributed by atoms with Gasteiger partial charge in [0.2, 0.25) is 0 Å². The number of fused-ring (bicyclic) bond motifs is 2. The van der Waals surface area contributed by atoms with Gasteiger partial charge in [-0.2, -0.15) is 0 Å². The Hall–Kier alpha value is -1.28. The zero-order chi connectivity index (χ0) is 13.0. The van der Waals surface area contributed by atoms with Gasteiger partial charge >= 0.3 is 0 Å². The molecule has 1 N–H and O–H groups in total. The summed E-state index contributed by atoms with van der Waals surface area (Å²) in [7, 11) is 0. The molecule has 100 valence electrons. The Morgan fingerprint density at radius 2 is 1.89 bits per heavy atom. The first-order chi connectivity index (χ1) is 9.24. The van der Waals surface area contributed by atoms with Gasteiger partial charge in [0.25, 0.3) is 0 Å². The lowest BCUT2D eigenvalue weighted by molar-refractivity contribution is 0.119. The maximum Gasteiger partial charge on any atom is 0.134 e. The van der Waals surface area contributed by atoms with Crippen molar-refractivity contribution in [1.29, 1.82) is 0 Å². The van der Waals surface area contributed by atoms with Crippen molar-refractivity contribution in [3.63, 3.8) is 0 Å². The van der Waals surface area contributed by atoms with E-state index in [0.717, 1.165) is 28.6 Å². The molecule has 3 atom stereocenters. The normalized spacial score (nSPS) is 31.2. The van der Waals surface area contributed by atoms with E-state index in [4.69, 9.17) is 4.42 Å². The van der Waals surface area contributed by atoms with Crippen molar-refractivity contribution < 1.29 is 9.52 Å². The van der Waals surface area contributed by atoms with Crippen molar-refractivity contribution in [2.24, 2.45) is 17.8 Å². The minimum absolute atomic E-state index is 0.402. The molecule has 19 heavy (non-hydrogen) atoms. The first kappa shape index (κ1) is 11.5. The fourth-order valence-corrected chi connectivity index (χ4v) is 4.03. The minimum Gasteiger partial charge on any atom is -0.458 e. The van der Waals surface area contributed by atoms with Crippen LogP contribution in [0.3, 0.4) is 0 Å². The Kier molecular flexibility index (Phi) is 2.49. The molecule has 0 aliphatic heterocycles. The molecule has 2 aromatic rings. The highest BCUT2D eigenvalue weighted by atomic mass is 16.4. The smallest absolute Gasteiger partial charge is 0.134 e. The Bertz CT molecular complexity index is 601. The molecule has 2 saturated carbocycles. The molecule has 0 saturated heterocycles. The maximum atomic E-state index is 10.6. The summed E-state index contributed by atoms with van der Waals surface area (Å²) in [6, 6.07) is 8.20. The summed E-state index contributed by atoms with van der Waals surface area (Å²) in [6.07, 6.45) is 4.87. The maximum absolute atomic E-state index is 10.6. The monoisotopic (exact) mass is 256 g/mol. The fraction of sp³-hybridized carbons (Fsp3) is 0.529. The van der Waals surface area contributed by atoms with E-state index in [-0.39, 0.29) is 0 Å². The van der Waals surface area contributed by atoms with Gasteiger partial charge in [-0.1, -0.05) is 24.5 Å². The minimum atomic E-state index is -0.402. The van der Waals surface area contributed by atoms with Gasteiger partial charge in [0.05, 0.1) is 0 Å². The number of rotatable bonds is 2. The van der Waals surface area contributed by atoms with Gasteiger partial charge in [0.1, 0.15) is 17.4 Å². The van der Waals surface area contributed by atoms with E-state index in [1.807, 2.05) is 12.1 Å². The zero-order valence-electron chi connectivity index (χ0n) is 11.3. The molecule has 0 radical (unpaired) electrons. The number of aryl methyl sites for hydroxylation is 1. The van der Waals surface area contributed by atoms with E-state index >= 15 is 0 Å². The third kappa shape index (κ3) is 1.81. The number of aliphatic hydroxyl groups is 1. The molecule has 2 aliphatic carbocycles. The van der Waals surface area contributed by atoms with Gasteiger partial charge in [0, 0.05) is 5.39 Å². The number of benzene rings is 1. The van der Waals surface area contributed by atoms with E-state index in [2.05, 4.69) is 19.1 Å². The van der Waals surface area contributed by atoms with E-state index in [1.165, 1.54) is 31.2 Å². The lowest BCUT2D eigenvalue weighted by Crippen LogP contribution is -2.00. The molecule has 1 heterocycles. The molecular weight excluding hydrogens is 236 g/mol. The van der Waals surface area contributed by atoms with Gasteiger partial charge in [-0.25, -0.2) is 0 Å². The molecule has 4 rings (SSSR count). The summed E-state index contributed by atoms with van der Waals surface area (Å²) in [4.78, 5) is 0. The van der Waals surface area contributed by atoms with E-state index < -0.39 is 6.10 Å². The molecule has 2 heteroatoms. The first-order valence-corrected chi connectivity index (χ1v) is 7.42. The van der Waals surface area contributed by atoms with Crippen LogP contribution in [-0.2, 0) is 0 Å². The molecule has 1 aromatic carbocycles. The van der Waals surface area contributed by atoms with Crippen molar-refractivity contribution in [3.8, 4) is 0 Å². The highest BCUT2D eigenvalue weighted by Crippen LogP contribution is 2.60. The van der Waals surface area contributed by atoms with Crippen LogP contribution in [0.15, 0.2) is 28.7 Å². The lowest BCUT2D eigenvalue weighted by Gasteiger charge is -2.06. The van der Waals surface area contributed by atoms with Crippen LogP contribution in [0.4, 0.5) is 0 Å². The molecule has 0 spiro atoms. The van der Waals surface area contributed by atoms with Crippen molar-refractivity contribution in [3.05, 3.63) is 35.6 Å². The number of furan rings is 1. The summed E-state index contributed by atoms with van der Waals surface area (Å²) in [5.74, 6) is 2.71. The molecule has 0 amide bonds. The van der Waals surface area contributed by atoms with Crippen LogP contribution < -0.4 is 0 Å². The summed E-state index contributed by atoms with van der Waals surface area (Å²) < 4.78 is 5.84. The highest BCUT2D eigenvalue weighted by Gasteiger charge is 2.54. The average Bonchev–Trinajstić information content (AvgIpc) is 2.99. The second-order valence-corrected chi connectivity index (χ2v) is 6.32. The van der Waals surface area contributed by atoms with Crippen LogP contribution in [0.2, 0.25) is 0 Å². The number of hydrogen-bond acceptors (Lipinski definition) is 2. The largest absolute Gasteiger partial charge is 0.458 e. The van der Waals surface area contributed by atoms with E-state index in [9.17, 15) is 5.11 Å². The Morgan fingerprint density at radius 1 is 1.16 bits per heavy atom. The van der Waals surface area contributed by atoms with Crippen LogP contribution in [0.25, 0.3) is 11.0 Å². The van der Waals surface area contributed by atoms with Crippen LogP contribution >= 0.6 is 0 Å². The molecular formula is C17H20O2. The van der Waals surface area contributed by atoms with Gasteiger partial charge in [-0.3, -0.25) is 0 Å². The van der Waals surface area contributed by atoms with Crippen molar-refractivity contribution in [2.75, 3.05) is 0 Å². The molecule has 1 aromatic heterocycles. The van der Waals surface area contributed by atoms with Crippen LogP contribution in [0, 0.1) is 24.7 Å². The number of hydrogen-bond donors (Lipinski definition) is 1. The molecule has 0 bridgehead atoms. The molecule has 3 unspecified atom stereocenters. The van der Waals surface area contributed by atoms with Crippen molar-refractivity contribution in [1.82, 2.24) is 0 Å². The SMILES string of the molecule is Cc1ccc2oc(C(O)C3C4CCCCC43)cc2c1. The van der Waals surface area contributed by atoms with E-state index in [1.54, 1.807) is 0 Å². The van der Waals surface area contributed by atoms with Gasteiger partial charge in [0.15, 0.2) is 0 Å². The predicted octanol–water partition coefficient (Wildman–Crippen LogP) is 4.21. The van der Waals surface area contributed by atoms with Crippen LogP contribution in [0.1, 0.15) is 43.1 Å². The molecule has 2 nitrogen and oxygen atoms in total. The predicted molar refractivity (Wildman–Crippen MR) is 74.8 cm³/mol. The Labute approximate surface area is 113 Å². The van der Waals surface area contributed by atoms with Crippen LogP contribution in [0.5, 0.6) is 0 Å².